The Bertz CT molecular complexity index is 1400. The molecule has 8 nitrogen and oxygen atoms in total. The minimum Gasteiger partial charge on any atom is -0.465 e. The molecule has 2 aromatic carbocycles. The van der Waals surface area contributed by atoms with Gasteiger partial charge in [-0.2, -0.15) is 0 Å². The van der Waals surface area contributed by atoms with Crippen molar-refractivity contribution in [2.24, 2.45) is 17.8 Å². The highest BCUT2D eigenvalue weighted by atomic mass is 32.2. The number of anilines is 2. The summed E-state index contributed by atoms with van der Waals surface area (Å²) >= 11 is 1.60. The number of aliphatic hydroxyl groups excluding tert-OH is 1. The Labute approximate surface area is 271 Å². The van der Waals surface area contributed by atoms with E-state index >= 15 is 4.79 Å². The monoisotopic (exact) mass is 631 g/mol. The number of benzene rings is 2. The fourth-order valence-electron chi connectivity index (χ4n) is 7.74. The molecule has 0 aromatic heterocycles. The van der Waals surface area contributed by atoms with Gasteiger partial charge in [-0.15, -0.1) is 24.9 Å². The van der Waals surface area contributed by atoms with Gasteiger partial charge in [-0.1, -0.05) is 49.4 Å². The van der Waals surface area contributed by atoms with Gasteiger partial charge < -0.3 is 24.5 Å². The summed E-state index contributed by atoms with van der Waals surface area (Å²) in [5.74, 6) is -2.35. The summed E-state index contributed by atoms with van der Waals surface area (Å²) < 4.78 is 4.80. The van der Waals surface area contributed by atoms with Gasteiger partial charge in [0.05, 0.1) is 35.8 Å². The average molecular weight is 632 g/mol. The van der Waals surface area contributed by atoms with Crippen molar-refractivity contribution in [3.05, 3.63) is 85.5 Å². The van der Waals surface area contributed by atoms with E-state index in [1.54, 1.807) is 33.7 Å². The molecule has 7 atom stereocenters. The second kappa shape index (κ2) is 13.8. The van der Waals surface area contributed by atoms with Crippen LogP contribution in [0.5, 0.6) is 0 Å². The first-order chi connectivity index (χ1) is 21.8. The van der Waals surface area contributed by atoms with Crippen molar-refractivity contribution >= 4 is 40.9 Å². The summed E-state index contributed by atoms with van der Waals surface area (Å²) in [6.07, 6.45) is 4.60. The minimum absolute atomic E-state index is 0.0247. The van der Waals surface area contributed by atoms with Crippen LogP contribution in [0.3, 0.4) is 0 Å². The second-order valence-corrected chi connectivity index (χ2v) is 13.6. The second-order valence-electron chi connectivity index (χ2n) is 12.1. The third kappa shape index (κ3) is 5.58. The summed E-state index contributed by atoms with van der Waals surface area (Å²) in [5, 5.41) is 10.7. The van der Waals surface area contributed by atoms with Crippen molar-refractivity contribution in [3.8, 4) is 0 Å². The van der Waals surface area contributed by atoms with E-state index in [9.17, 15) is 14.7 Å². The van der Waals surface area contributed by atoms with E-state index in [1.165, 1.54) is 0 Å². The molecule has 240 valence electrons. The number of fused-ring (bicyclic) bond motifs is 1. The molecule has 3 saturated heterocycles. The first-order valence-corrected chi connectivity index (χ1v) is 16.9. The summed E-state index contributed by atoms with van der Waals surface area (Å²) in [4.78, 5) is 48.9. The minimum atomic E-state index is -0.911. The van der Waals surface area contributed by atoms with E-state index in [2.05, 4.69) is 38.8 Å². The average Bonchev–Trinajstić information content (AvgIpc) is 3.65. The van der Waals surface area contributed by atoms with E-state index in [4.69, 9.17) is 4.74 Å². The normalized spacial score (nSPS) is 27.2. The number of aliphatic hydroxyl groups is 1. The van der Waals surface area contributed by atoms with Crippen molar-refractivity contribution in [2.45, 2.75) is 55.7 Å². The van der Waals surface area contributed by atoms with Crippen molar-refractivity contribution in [1.29, 1.82) is 0 Å². The predicted octanol–water partition coefficient (Wildman–Crippen LogP) is 5.24. The molecular formula is C36H45N3O5S. The molecule has 3 aliphatic heterocycles. The lowest BCUT2D eigenvalue weighted by Crippen LogP contribution is -2.58. The zero-order valence-corrected chi connectivity index (χ0v) is 27.3. The van der Waals surface area contributed by atoms with Gasteiger partial charge in [0.25, 0.3) is 5.91 Å². The molecule has 5 rings (SSSR count). The van der Waals surface area contributed by atoms with Gasteiger partial charge in [-0.3, -0.25) is 14.4 Å². The van der Waals surface area contributed by atoms with Crippen LogP contribution in [0.4, 0.5) is 11.4 Å². The summed E-state index contributed by atoms with van der Waals surface area (Å²) in [6, 6.07) is 15.6. The van der Waals surface area contributed by atoms with Gasteiger partial charge in [0.15, 0.2) is 0 Å². The van der Waals surface area contributed by atoms with Crippen LogP contribution in [0.1, 0.15) is 45.2 Å². The molecule has 0 radical (unpaired) electrons. The maximum atomic E-state index is 15.1. The van der Waals surface area contributed by atoms with Crippen molar-refractivity contribution in [1.82, 2.24) is 4.90 Å². The van der Waals surface area contributed by atoms with Gasteiger partial charge in [0, 0.05) is 36.3 Å². The maximum absolute atomic E-state index is 15.1. The largest absolute Gasteiger partial charge is 0.465 e. The molecule has 3 heterocycles. The van der Waals surface area contributed by atoms with E-state index < -0.39 is 34.6 Å². The quantitative estimate of drug-likeness (QED) is 0.173. The molecular weight excluding hydrogens is 586 g/mol. The number of rotatable bonds is 14. The van der Waals surface area contributed by atoms with Crippen LogP contribution < -0.4 is 9.80 Å². The molecule has 1 spiro atoms. The van der Waals surface area contributed by atoms with E-state index in [1.807, 2.05) is 54.6 Å². The first-order valence-electron chi connectivity index (χ1n) is 16.0. The zero-order chi connectivity index (χ0) is 32.3. The number of hydrogen-bond donors (Lipinski definition) is 1. The molecule has 3 unspecified atom stereocenters. The number of ether oxygens (including phenoxy) is 1. The number of carbonyl (C=O) groups excluding carboxylic acids is 3. The standard InChI is InChI=1S/C36H45N3O5S/c1-6-10-21-44-35(43)30-29-22-24(5)36(45-29)31(30)33(41)39(28(23-40)25-14-12-11-13-15-25)32(36)34(42)38(20-7-2)27-18-16-26(17-19-27)37(8-3)9-4/h6-7,11-19,24,28-32,40H,1-2,8-10,20-23H2,3-5H3/t24?,28-,29+,30-,31+,32?,36?/m1/s1. The van der Waals surface area contributed by atoms with Crippen LogP contribution >= 0.6 is 11.8 Å². The fraction of sp³-hybridized carbons (Fsp3) is 0.472. The first kappa shape index (κ1) is 32.8. The number of thioether (sulfide) groups is 1. The number of hydrogen-bond acceptors (Lipinski definition) is 7. The number of amides is 2. The van der Waals surface area contributed by atoms with Gasteiger partial charge >= 0.3 is 5.97 Å². The molecule has 9 heteroatoms. The third-order valence-corrected chi connectivity index (χ3v) is 11.9. The van der Waals surface area contributed by atoms with Crippen molar-refractivity contribution < 1.29 is 24.2 Å². The third-order valence-electron chi connectivity index (χ3n) is 9.82. The molecule has 2 aromatic rings. The van der Waals surface area contributed by atoms with Crippen LogP contribution in [-0.2, 0) is 19.1 Å². The van der Waals surface area contributed by atoms with E-state index in [-0.39, 0.29) is 42.7 Å². The fourth-order valence-corrected chi connectivity index (χ4v) is 10.1. The molecule has 3 aliphatic rings. The van der Waals surface area contributed by atoms with Gasteiger partial charge in [-0.25, -0.2) is 0 Å². The molecule has 0 aliphatic carbocycles. The van der Waals surface area contributed by atoms with Crippen LogP contribution in [0.2, 0.25) is 0 Å². The number of likely N-dealkylation sites (tertiary alicyclic amines) is 1. The highest BCUT2D eigenvalue weighted by Crippen LogP contribution is 2.69. The van der Waals surface area contributed by atoms with Crippen molar-refractivity contribution in [2.75, 3.05) is 42.6 Å². The Morgan fingerprint density at radius 1 is 1.09 bits per heavy atom. The van der Waals surface area contributed by atoms with E-state index in [0.717, 1.165) is 24.3 Å². The van der Waals surface area contributed by atoms with Crippen LogP contribution in [0.25, 0.3) is 0 Å². The summed E-state index contributed by atoms with van der Waals surface area (Å²) in [6.45, 7) is 15.8. The van der Waals surface area contributed by atoms with Crippen LogP contribution in [0.15, 0.2) is 79.9 Å². The lowest BCUT2D eigenvalue weighted by molar-refractivity contribution is -0.154. The number of esters is 1. The van der Waals surface area contributed by atoms with Gasteiger partial charge in [0.1, 0.15) is 6.04 Å². The highest BCUT2D eigenvalue weighted by Gasteiger charge is 2.77. The highest BCUT2D eigenvalue weighted by molar-refractivity contribution is 8.02. The molecule has 2 bridgehead atoms. The summed E-state index contributed by atoms with van der Waals surface area (Å²) in [7, 11) is 0. The predicted molar refractivity (Wildman–Crippen MR) is 180 cm³/mol. The maximum Gasteiger partial charge on any atom is 0.310 e. The smallest absolute Gasteiger partial charge is 0.310 e. The van der Waals surface area contributed by atoms with Crippen LogP contribution in [0, 0.1) is 17.8 Å². The topological polar surface area (TPSA) is 90.4 Å². The molecule has 45 heavy (non-hydrogen) atoms. The van der Waals surface area contributed by atoms with Gasteiger partial charge in [0.2, 0.25) is 5.91 Å². The number of carbonyl (C=O) groups is 3. The molecule has 2 amide bonds. The molecule has 3 fully saturated rings. The molecule has 0 saturated carbocycles. The number of nitrogens with zero attached hydrogens (tertiary/aromatic N) is 3. The van der Waals surface area contributed by atoms with E-state index in [0.29, 0.717) is 18.5 Å². The van der Waals surface area contributed by atoms with Gasteiger partial charge in [-0.05, 0) is 62.4 Å². The summed E-state index contributed by atoms with van der Waals surface area (Å²) in [5.41, 5.74) is 2.50. The lowest BCUT2D eigenvalue weighted by Gasteiger charge is -2.42. The zero-order valence-electron chi connectivity index (χ0n) is 26.5. The Balaban J connectivity index is 1.61. The molecule has 1 N–H and O–H groups in total. The SMILES string of the molecule is C=CCCOC(=O)[C@@H]1[C@@H]2CC(C)C3(S2)C(C(=O)N(CC=C)c2ccc(N(CC)CC)cc2)N([C@H](CO)c2ccccc2)C(=O)[C@H]13. The van der Waals surface area contributed by atoms with Crippen molar-refractivity contribution in [3.63, 3.8) is 0 Å². The Morgan fingerprint density at radius 2 is 1.76 bits per heavy atom. The lowest BCUT2D eigenvalue weighted by atomic mass is 9.66. The van der Waals surface area contributed by atoms with Crippen LogP contribution in [-0.4, -0.2) is 76.7 Å². The Hall–Kier alpha value is -3.56. The Morgan fingerprint density at radius 3 is 2.36 bits per heavy atom. The Kier molecular flexibility index (Phi) is 10.1.